The SMILES string of the molecule is Cc1cc2c3c(c1)N(c1c(C)cc(C(C)(C)C)cc1C)c1oc4ccc(C(C)(C)C)cc4c1B3c1ccc(-c3cc4ccccc4o3)cc1N2c1c(C)cc(C(C)(C)C)cc1C. The van der Waals surface area contributed by atoms with Crippen molar-refractivity contribution in [1.82, 2.24) is 0 Å². The largest absolute Gasteiger partial charge is 0.456 e. The first-order valence-electron chi connectivity index (χ1n) is 22.4. The summed E-state index contributed by atoms with van der Waals surface area (Å²) < 4.78 is 13.8. The Balaban J connectivity index is 1.33. The highest BCUT2D eigenvalue weighted by atomic mass is 16.4. The Hall–Kier alpha value is -5.94. The van der Waals surface area contributed by atoms with Crippen molar-refractivity contribution in [3.8, 4) is 11.3 Å². The van der Waals surface area contributed by atoms with Gasteiger partial charge in [-0.25, -0.2) is 0 Å². The number of anilines is 6. The molecule has 0 amide bonds. The van der Waals surface area contributed by atoms with Gasteiger partial charge in [0, 0.05) is 38.9 Å². The third-order valence-electron chi connectivity index (χ3n) is 13.6. The zero-order valence-corrected chi connectivity index (χ0v) is 39.1. The minimum absolute atomic E-state index is 0.0132. The van der Waals surface area contributed by atoms with Gasteiger partial charge in [-0.3, -0.25) is 4.90 Å². The number of nitrogens with zero attached hydrogens (tertiary/aromatic N) is 2. The maximum absolute atomic E-state index is 7.26. The van der Waals surface area contributed by atoms with Gasteiger partial charge in [-0.2, -0.15) is 0 Å². The van der Waals surface area contributed by atoms with Crippen LogP contribution in [0.25, 0.3) is 33.3 Å². The van der Waals surface area contributed by atoms with E-state index in [-0.39, 0.29) is 23.0 Å². The van der Waals surface area contributed by atoms with Crippen LogP contribution in [0.5, 0.6) is 0 Å². The third kappa shape index (κ3) is 6.17. The van der Waals surface area contributed by atoms with Gasteiger partial charge in [-0.1, -0.05) is 123 Å². The van der Waals surface area contributed by atoms with Crippen molar-refractivity contribution in [2.75, 3.05) is 9.80 Å². The van der Waals surface area contributed by atoms with Gasteiger partial charge < -0.3 is 13.7 Å². The van der Waals surface area contributed by atoms with Crippen molar-refractivity contribution in [3.05, 3.63) is 148 Å². The number of para-hydroxylation sites is 1. The first-order valence-corrected chi connectivity index (χ1v) is 22.4. The Morgan fingerprint density at radius 3 is 1.61 bits per heavy atom. The Bertz CT molecular complexity index is 3080. The van der Waals surface area contributed by atoms with Gasteiger partial charge in [0.15, 0.2) is 0 Å². The number of rotatable bonds is 3. The summed E-state index contributed by atoms with van der Waals surface area (Å²) in [5.74, 6) is 1.77. The summed E-state index contributed by atoms with van der Waals surface area (Å²) in [6.45, 7) is 32.0. The molecule has 2 aromatic heterocycles. The van der Waals surface area contributed by atoms with Crippen LogP contribution in [-0.4, -0.2) is 6.71 Å². The molecule has 2 aliphatic heterocycles. The lowest BCUT2D eigenvalue weighted by Gasteiger charge is -2.44. The van der Waals surface area contributed by atoms with Crippen LogP contribution in [0.4, 0.5) is 34.3 Å². The van der Waals surface area contributed by atoms with Crippen LogP contribution < -0.4 is 26.2 Å². The second-order valence-electron chi connectivity index (χ2n) is 21.4. The fourth-order valence-corrected chi connectivity index (χ4v) is 10.3. The summed E-state index contributed by atoms with van der Waals surface area (Å²) in [5, 5.41) is 2.27. The molecule has 0 fully saturated rings. The molecule has 0 atom stereocenters. The Morgan fingerprint density at radius 2 is 1.03 bits per heavy atom. The summed E-state index contributed by atoms with van der Waals surface area (Å²) in [6.07, 6.45) is 0. The molecule has 4 heterocycles. The Morgan fingerprint density at radius 1 is 0.468 bits per heavy atom. The fourth-order valence-electron chi connectivity index (χ4n) is 10.3. The van der Waals surface area contributed by atoms with E-state index in [1.54, 1.807) is 0 Å². The van der Waals surface area contributed by atoms with Gasteiger partial charge in [0.05, 0.1) is 11.4 Å². The Kier molecular flexibility index (Phi) is 8.76. The summed E-state index contributed by atoms with van der Waals surface area (Å²) in [4.78, 5) is 5.05. The molecule has 0 bridgehead atoms. The van der Waals surface area contributed by atoms with E-state index in [1.165, 1.54) is 89.0 Å². The molecule has 0 unspecified atom stereocenters. The molecule has 62 heavy (non-hydrogen) atoms. The second-order valence-corrected chi connectivity index (χ2v) is 21.4. The van der Waals surface area contributed by atoms with Crippen molar-refractivity contribution in [2.45, 2.75) is 113 Å². The highest BCUT2D eigenvalue weighted by molar-refractivity contribution is 7.01. The molecule has 312 valence electrons. The molecule has 4 nitrogen and oxygen atoms in total. The second kappa shape index (κ2) is 13.5. The lowest BCUT2D eigenvalue weighted by molar-refractivity contribution is 0.588. The van der Waals surface area contributed by atoms with Gasteiger partial charge in [-0.05, 0) is 149 Å². The minimum Gasteiger partial charge on any atom is -0.456 e. The van der Waals surface area contributed by atoms with E-state index in [1.807, 2.05) is 6.07 Å². The summed E-state index contributed by atoms with van der Waals surface area (Å²) >= 11 is 0. The molecule has 0 spiro atoms. The molecule has 10 rings (SSSR count). The van der Waals surface area contributed by atoms with Crippen LogP contribution in [0.3, 0.4) is 0 Å². The maximum Gasteiger partial charge on any atom is 0.257 e. The quantitative estimate of drug-likeness (QED) is 0.166. The molecule has 8 aromatic rings. The molecular weight excluding hydrogens is 755 g/mol. The third-order valence-corrected chi connectivity index (χ3v) is 13.6. The van der Waals surface area contributed by atoms with Crippen LogP contribution in [0.1, 0.15) is 107 Å². The molecule has 5 heteroatoms. The van der Waals surface area contributed by atoms with E-state index in [2.05, 4.69) is 204 Å². The minimum atomic E-state index is -0.0942. The fraction of sp³-hybridized carbons (Fsp3) is 0.298. The van der Waals surface area contributed by atoms with Crippen molar-refractivity contribution in [1.29, 1.82) is 0 Å². The molecule has 2 aliphatic rings. The van der Waals surface area contributed by atoms with Crippen molar-refractivity contribution >= 4 is 79.4 Å². The lowest BCUT2D eigenvalue weighted by Crippen LogP contribution is -2.61. The zero-order valence-electron chi connectivity index (χ0n) is 39.1. The maximum atomic E-state index is 7.26. The number of hydrogen-bond acceptors (Lipinski definition) is 4. The highest BCUT2D eigenvalue weighted by Crippen LogP contribution is 2.50. The van der Waals surface area contributed by atoms with Gasteiger partial charge in [0.1, 0.15) is 16.9 Å². The number of benzene rings is 6. The molecule has 0 radical (unpaired) electrons. The standard InChI is InChI=1S/C57H59BN2O2/c1-32-23-45-51-46(24-32)60(53-35(4)27-41(28-36(53)5)57(12,13)14)54-50(42-31-39(55(6,7)8)20-22-48(42)62-54)58(51)43-21-19-38(49-30-37-17-15-16-18-47(37)61-49)29-44(43)59(45)52-33(2)25-40(26-34(52)3)56(9,10)11/h15-31H,1-14H3. The highest BCUT2D eigenvalue weighted by Gasteiger charge is 2.47. The predicted molar refractivity (Wildman–Crippen MR) is 265 cm³/mol. The van der Waals surface area contributed by atoms with Gasteiger partial charge in [0.25, 0.3) is 6.71 Å². The first kappa shape index (κ1) is 40.2. The molecular formula is C57H59BN2O2. The summed E-state index contributed by atoms with van der Waals surface area (Å²) in [5.41, 5.74) is 22.7. The topological polar surface area (TPSA) is 32.8 Å². The van der Waals surface area contributed by atoms with Gasteiger partial charge in [-0.15, -0.1) is 0 Å². The number of fused-ring (bicyclic) bond motifs is 7. The number of furan rings is 2. The van der Waals surface area contributed by atoms with Crippen LogP contribution >= 0.6 is 0 Å². The van der Waals surface area contributed by atoms with E-state index in [0.717, 1.165) is 39.4 Å². The smallest absolute Gasteiger partial charge is 0.257 e. The lowest BCUT2D eigenvalue weighted by atomic mass is 9.33. The predicted octanol–water partition coefficient (Wildman–Crippen LogP) is 14.4. The van der Waals surface area contributed by atoms with Gasteiger partial charge >= 0.3 is 0 Å². The average molecular weight is 815 g/mol. The van der Waals surface area contributed by atoms with E-state index < -0.39 is 0 Å². The van der Waals surface area contributed by atoms with Crippen molar-refractivity contribution in [3.63, 3.8) is 0 Å². The van der Waals surface area contributed by atoms with E-state index >= 15 is 0 Å². The van der Waals surface area contributed by atoms with E-state index in [4.69, 9.17) is 8.83 Å². The molecule has 0 saturated heterocycles. The molecule has 6 aromatic carbocycles. The van der Waals surface area contributed by atoms with Crippen LogP contribution in [-0.2, 0) is 16.2 Å². The van der Waals surface area contributed by atoms with Crippen molar-refractivity contribution < 1.29 is 8.83 Å². The molecule has 0 N–H and O–H groups in total. The Labute approximate surface area is 368 Å². The van der Waals surface area contributed by atoms with Crippen LogP contribution in [0.2, 0.25) is 0 Å². The monoisotopic (exact) mass is 814 g/mol. The number of hydrogen-bond donors (Lipinski definition) is 0. The summed E-state index contributed by atoms with van der Waals surface area (Å²) in [6, 6.07) is 38.8. The summed E-state index contributed by atoms with van der Waals surface area (Å²) in [7, 11) is 0. The van der Waals surface area contributed by atoms with Crippen LogP contribution in [0.15, 0.2) is 112 Å². The van der Waals surface area contributed by atoms with Crippen molar-refractivity contribution in [2.24, 2.45) is 0 Å². The average Bonchev–Trinajstić information content (AvgIpc) is 3.79. The number of aryl methyl sites for hydroxylation is 5. The zero-order chi connectivity index (χ0) is 43.9. The van der Waals surface area contributed by atoms with E-state index in [0.29, 0.717) is 0 Å². The molecule has 0 aliphatic carbocycles. The normalized spacial score (nSPS) is 13.9. The van der Waals surface area contributed by atoms with Crippen LogP contribution in [0, 0.1) is 34.6 Å². The molecule has 0 saturated carbocycles. The first-order chi connectivity index (χ1) is 29.2. The van der Waals surface area contributed by atoms with Gasteiger partial charge in [0.2, 0.25) is 5.88 Å². The van der Waals surface area contributed by atoms with E-state index in [9.17, 15) is 0 Å².